The van der Waals surface area contributed by atoms with Crippen molar-refractivity contribution in [2.45, 2.75) is 13.3 Å². The Bertz CT molecular complexity index is 315. The van der Waals surface area contributed by atoms with E-state index in [0.717, 1.165) is 0 Å². The van der Waals surface area contributed by atoms with Crippen LogP contribution in [-0.4, -0.2) is 12.1 Å². The highest BCUT2D eigenvalue weighted by Gasteiger charge is 2.14. The maximum atomic E-state index is 12.3. The number of nitrogen functional groups attached to an aromatic ring is 1. The van der Waals surface area contributed by atoms with Crippen molar-refractivity contribution in [3.05, 3.63) is 17.3 Å². The molecule has 1 heterocycles. The minimum absolute atomic E-state index is 0.128. The summed E-state index contributed by atoms with van der Waals surface area (Å²) >= 11 is 0. The molecule has 0 aliphatic rings. The molecule has 0 aliphatic carbocycles. The van der Waals surface area contributed by atoms with Gasteiger partial charge in [0.1, 0.15) is 0 Å². The number of alkyl halides is 2. The van der Waals surface area contributed by atoms with Gasteiger partial charge in [-0.05, 0) is 13.0 Å². The molecule has 0 amide bonds. The smallest absolute Gasteiger partial charge is 0.265 e. The second kappa shape index (κ2) is 3.55. The Balaban J connectivity index is 3.20. The number of halogens is 2. The molecule has 0 aromatic carbocycles. The zero-order valence-corrected chi connectivity index (χ0v) is 7.34. The SMILES string of the molecule is COc1nc(C)c(C(F)F)cc1N. The van der Waals surface area contributed by atoms with Gasteiger partial charge in [-0.25, -0.2) is 13.8 Å². The number of hydrogen-bond acceptors (Lipinski definition) is 3. The zero-order chi connectivity index (χ0) is 10.0. The summed E-state index contributed by atoms with van der Waals surface area (Å²) in [5.41, 5.74) is 5.63. The second-order valence-corrected chi connectivity index (χ2v) is 2.56. The van der Waals surface area contributed by atoms with Gasteiger partial charge in [-0.1, -0.05) is 0 Å². The first-order valence-corrected chi connectivity index (χ1v) is 3.65. The fourth-order valence-corrected chi connectivity index (χ4v) is 1.000. The van der Waals surface area contributed by atoms with Crippen molar-refractivity contribution in [2.24, 2.45) is 0 Å². The molecule has 0 fully saturated rings. The van der Waals surface area contributed by atoms with Crippen molar-refractivity contribution >= 4 is 5.69 Å². The fraction of sp³-hybridized carbons (Fsp3) is 0.375. The topological polar surface area (TPSA) is 48.1 Å². The molecule has 1 aromatic rings. The first-order chi connectivity index (χ1) is 6.06. The van der Waals surface area contributed by atoms with Crippen molar-refractivity contribution in [1.29, 1.82) is 0 Å². The third kappa shape index (κ3) is 1.85. The van der Waals surface area contributed by atoms with E-state index in [2.05, 4.69) is 4.98 Å². The van der Waals surface area contributed by atoms with E-state index in [1.165, 1.54) is 20.1 Å². The summed E-state index contributed by atoms with van der Waals surface area (Å²) in [7, 11) is 1.39. The monoisotopic (exact) mass is 188 g/mol. The maximum absolute atomic E-state index is 12.3. The van der Waals surface area contributed by atoms with Gasteiger partial charge in [0.2, 0.25) is 5.88 Å². The number of nitrogens with two attached hydrogens (primary N) is 1. The molecule has 5 heteroatoms. The summed E-state index contributed by atoms with van der Waals surface area (Å²) in [6.07, 6.45) is -2.55. The Kier molecular flexibility index (Phi) is 2.65. The highest BCUT2D eigenvalue weighted by molar-refractivity contribution is 5.51. The molecule has 0 unspecified atom stereocenters. The van der Waals surface area contributed by atoms with Gasteiger partial charge in [0.25, 0.3) is 6.43 Å². The fourth-order valence-electron chi connectivity index (χ4n) is 1.000. The van der Waals surface area contributed by atoms with Crippen LogP contribution in [0.1, 0.15) is 17.7 Å². The average Bonchev–Trinajstić information content (AvgIpc) is 2.07. The third-order valence-corrected chi connectivity index (χ3v) is 1.67. The van der Waals surface area contributed by atoms with E-state index in [4.69, 9.17) is 10.5 Å². The zero-order valence-electron chi connectivity index (χ0n) is 7.34. The Morgan fingerprint density at radius 3 is 2.62 bits per heavy atom. The average molecular weight is 188 g/mol. The number of nitrogens with zero attached hydrogens (tertiary/aromatic N) is 1. The third-order valence-electron chi connectivity index (χ3n) is 1.67. The number of rotatable bonds is 2. The molecule has 3 nitrogen and oxygen atoms in total. The molecule has 72 valence electrons. The molecule has 0 saturated heterocycles. The molecular weight excluding hydrogens is 178 g/mol. The van der Waals surface area contributed by atoms with Gasteiger partial charge in [0, 0.05) is 5.56 Å². The lowest BCUT2D eigenvalue weighted by molar-refractivity contribution is 0.150. The number of hydrogen-bond donors (Lipinski definition) is 1. The number of pyridine rings is 1. The quantitative estimate of drug-likeness (QED) is 0.771. The van der Waals surface area contributed by atoms with Crippen molar-refractivity contribution in [2.75, 3.05) is 12.8 Å². The number of aromatic nitrogens is 1. The van der Waals surface area contributed by atoms with Gasteiger partial charge in [0.15, 0.2) is 0 Å². The maximum Gasteiger partial charge on any atom is 0.265 e. The summed E-state index contributed by atoms with van der Waals surface area (Å²) in [4.78, 5) is 3.79. The molecular formula is C8H10F2N2O. The van der Waals surface area contributed by atoms with Crippen LogP contribution in [0.4, 0.5) is 14.5 Å². The van der Waals surface area contributed by atoms with E-state index in [1.807, 2.05) is 0 Å². The number of methoxy groups -OCH3 is 1. The van der Waals surface area contributed by atoms with Crippen LogP contribution in [0.2, 0.25) is 0 Å². The lowest BCUT2D eigenvalue weighted by atomic mass is 10.2. The first-order valence-electron chi connectivity index (χ1n) is 3.65. The van der Waals surface area contributed by atoms with Gasteiger partial charge in [-0.15, -0.1) is 0 Å². The number of ether oxygens (including phenoxy) is 1. The van der Waals surface area contributed by atoms with Crippen LogP contribution in [0.15, 0.2) is 6.07 Å². The minimum atomic E-state index is -2.55. The van der Waals surface area contributed by atoms with E-state index in [9.17, 15) is 8.78 Å². The van der Waals surface area contributed by atoms with Crippen LogP contribution in [0.3, 0.4) is 0 Å². The summed E-state index contributed by atoms with van der Waals surface area (Å²) < 4.78 is 29.4. The summed E-state index contributed by atoms with van der Waals surface area (Å²) in [6, 6.07) is 1.19. The molecule has 0 atom stereocenters. The Morgan fingerprint density at radius 1 is 1.54 bits per heavy atom. The van der Waals surface area contributed by atoms with Crippen molar-refractivity contribution < 1.29 is 13.5 Å². The van der Waals surface area contributed by atoms with E-state index >= 15 is 0 Å². The van der Waals surface area contributed by atoms with Gasteiger partial charge in [-0.2, -0.15) is 0 Å². The summed E-state index contributed by atoms with van der Waals surface area (Å²) in [5.74, 6) is 0.182. The van der Waals surface area contributed by atoms with Crippen molar-refractivity contribution in [1.82, 2.24) is 4.98 Å². The highest BCUT2D eigenvalue weighted by Crippen LogP contribution is 2.27. The standard InChI is InChI=1S/C8H10F2N2O/c1-4-5(7(9)10)3-6(11)8(12-4)13-2/h3,7H,11H2,1-2H3. The molecule has 2 N–H and O–H groups in total. The first kappa shape index (κ1) is 9.70. The highest BCUT2D eigenvalue weighted by atomic mass is 19.3. The molecule has 1 aromatic heterocycles. The summed E-state index contributed by atoms with van der Waals surface area (Å²) in [6.45, 7) is 1.49. The van der Waals surface area contributed by atoms with Crippen LogP contribution < -0.4 is 10.5 Å². The molecule has 0 radical (unpaired) electrons. The molecule has 0 saturated carbocycles. The molecule has 0 bridgehead atoms. The van der Waals surface area contributed by atoms with E-state index in [0.29, 0.717) is 0 Å². The van der Waals surface area contributed by atoms with Crippen molar-refractivity contribution in [3.63, 3.8) is 0 Å². The Morgan fingerprint density at radius 2 is 2.15 bits per heavy atom. The van der Waals surface area contributed by atoms with E-state index in [-0.39, 0.29) is 22.8 Å². The normalized spacial score (nSPS) is 10.5. The molecule has 1 rings (SSSR count). The van der Waals surface area contributed by atoms with Gasteiger partial charge < -0.3 is 10.5 Å². The Labute approximate surface area is 74.5 Å². The molecule has 13 heavy (non-hydrogen) atoms. The lowest BCUT2D eigenvalue weighted by Crippen LogP contribution is -2.01. The molecule has 0 spiro atoms. The molecule has 0 aliphatic heterocycles. The van der Waals surface area contributed by atoms with E-state index < -0.39 is 6.43 Å². The largest absolute Gasteiger partial charge is 0.480 e. The van der Waals surface area contributed by atoms with Gasteiger partial charge in [-0.3, -0.25) is 0 Å². The van der Waals surface area contributed by atoms with Gasteiger partial charge in [0.05, 0.1) is 18.5 Å². The van der Waals surface area contributed by atoms with Crippen LogP contribution >= 0.6 is 0 Å². The lowest BCUT2D eigenvalue weighted by Gasteiger charge is -2.08. The summed E-state index contributed by atoms with van der Waals surface area (Å²) in [5, 5.41) is 0. The van der Waals surface area contributed by atoms with Crippen LogP contribution in [-0.2, 0) is 0 Å². The predicted molar refractivity (Wildman–Crippen MR) is 44.9 cm³/mol. The van der Waals surface area contributed by atoms with Crippen LogP contribution in [0.5, 0.6) is 5.88 Å². The van der Waals surface area contributed by atoms with E-state index in [1.54, 1.807) is 0 Å². The number of aryl methyl sites for hydroxylation is 1. The Hall–Kier alpha value is -1.39. The van der Waals surface area contributed by atoms with Gasteiger partial charge >= 0.3 is 0 Å². The van der Waals surface area contributed by atoms with Crippen molar-refractivity contribution in [3.8, 4) is 5.88 Å². The second-order valence-electron chi connectivity index (χ2n) is 2.56. The minimum Gasteiger partial charge on any atom is -0.480 e. The predicted octanol–water partition coefficient (Wildman–Crippen LogP) is 1.92. The van der Waals surface area contributed by atoms with Crippen LogP contribution in [0, 0.1) is 6.92 Å². The number of anilines is 1. The van der Waals surface area contributed by atoms with Crippen LogP contribution in [0.25, 0.3) is 0 Å².